The molecule has 0 bridgehead atoms. The maximum Gasteiger partial charge on any atom is 0.236 e. The summed E-state index contributed by atoms with van der Waals surface area (Å²) in [4.78, 5) is 13.7. The van der Waals surface area contributed by atoms with Crippen molar-refractivity contribution in [2.45, 2.75) is 26.8 Å². The maximum absolute atomic E-state index is 11.9. The minimum absolute atomic E-state index is 0.152. The molecule has 0 radical (unpaired) electrons. The van der Waals surface area contributed by atoms with Crippen LogP contribution in [0.3, 0.4) is 0 Å². The first-order valence-corrected chi connectivity index (χ1v) is 7.15. The van der Waals surface area contributed by atoms with Gasteiger partial charge in [-0.05, 0) is 32.4 Å². The van der Waals surface area contributed by atoms with E-state index in [9.17, 15) is 4.79 Å². The van der Waals surface area contributed by atoms with Gasteiger partial charge in [0.1, 0.15) is 0 Å². The first-order valence-electron chi connectivity index (χ1n) is 6.35. The Hall–Kier alpha value is -0.870. The van der Waals surface area contributed by atoms with Gasteiger partial charge in [-0.3, -0.25) is 4.79 Å². The lowest BCUT2D eigenvalue weighted by Crippen LogP contribution is -2.38. The molecule has 0 aliphatic heterocycles. The summed E-state index contributed by atoms with van der Waals surface area (Å²) in [5.74, 6) is 0.152. The van der Waals surface area contributed by atoms with Gasteiger partial charge in [0.05, 0.1) is 6.54 Å². The van der Waals surface area contributed by atoms with E-state index < -0.39 is 0 Å². The zero-order valence-electron chi connectivity index (χ0n) is 11.2. The lowest BCUT2D eigenvalue weighted by atomic mass is 10.1. The van der Waals surface area contributed by atoms with Crippen molar-refractivity contribution in [3.05, 3.63) is 34.3 Å². The molecule has 1 amide bonds. The monoisotopic (exact) mass is 312 g/mol. The van der Waals surface area contributed by atoms with Crippen LogP contribution in [0.4, 0.5) is 0 Å². The van der Waals surface area contributed by atoms with E-state index in [0.717, 1.165) is 17.6 Å². The van der Waals surface area contributed by atoms with E-state index >= 15 is 0 Å². The minimum atomic E-state index is 0.152. The summed E-state index contributed by atoms with van der Waals surface area (Å²) < 4.78 is 1.07. The average molecular weight is 313 g/mol. The predicted molar refractivity (Wildman–Crippen MR) is 78.5 cm³/mol. The Balaban J connectivity index is 2.54. The molecular weight excluding hydrogens is 292 g/mol. The molecule has 1 N–H and O–H groups in total. The van der Waals surface area contributed by atoms with E-state index in [2.05, 4.69) is 34.2 Å². The molecule has 1 aromatic carbocycles. The summed E-state index contributed by atoms with van der Waals surface area (Å²) in [5.41, 5.74) is 1.17. The fourth-order valence-corrected chi connectivity index (χ4v) is 2.49. The van der Waals surface area contributed by atoms with Crippen molar-refractivity contribution in [3.8, 4) is 0 Å². The molecule has 1 atom stereocenters. The van der Waals surface area contributed by atoms with Crippen LogP contribution < -0.4 is 5.32 Å². The summed E-state index contributed by atoms with van der Waals surface area (Å²) in [5, 5.41) is 3.27. The fourth-order valence-electron chi connectivity index (χ4n) is 1.86. The Kier molecular flexibility index (Phi) is 6.36. The van der Waals surface area contributed by atoms with E-state index in [1.54, 1.807) is 0 Å². The summed E-state index contributed by atoms with van der Waals surface area (Å²) in [6.07, 6.45) is 0. The third kappa shape index (κ3) is 4.10. The number of nitrogens with zero attached hydrogens (tertiary/aromatic N) is 1. The number of likely N-dealkylation sites (N-methyl/N-ethyl adjacent to an activating group) is 1. The van der Waals surface area contributed by atoms with Gasteiger partial charge in [-0.2, -0.15) is 0 Å². The molecular formula is C14H21BrN2O. The Labute approximate surface area is 118 Å². The molecule has 0 saturated carbocycles. The molecule has 100 valence electrons. The van der Waals surface area contributed by atoms with Gasteiger partial charge < -0.3 is 10.2 Å². The van der Waals surface area contributed by atoms with Crippen LogP contribution >= 0.6 is 15.9 Å². The fraction of sp³-hybridized carbons (Fsp3) is 0.500. The molecule has 18 heavy (non-hydrogen) atoms. The SMILES string of the molecule is CCN(CC)C(=O)CN[C@@H](C)c1ccccc1Br. The second-order valence-electron chi connectivity index (χ2n) is 4.19. The van der Waals surface area contributed by atoms with Gasteiger partial charge in [-0.15, -0.1) is 0 Å². The number of carbonyl (C=O) groups is 1. The molecule has 0 aliphatic rings. The molecule has 4 heteroatoms. The second kappa shape index (κ2) is 7.54. The number of benzene rings is 1. The van der Waals surface area contributed by atoms with Gasteiger partial charge in [0.2, 0.25) is 5.91 Å². The standard InChI is InChI=1S/C14H21BrN2O/c1-4-17(5-2)14(18)10-16-11(3)12-8-6-7-9-13(12)15/h6-9,11,16H,4-5,10H2,1-3H3/t11-/m0/s1. The van der Waals surface area contributed by atoms with E-state index in [0.29, 0.717) is 6.54 Å². The van der Waals surface area contributed by atoms with Gasteiger partial charge in [0, 0.05) is 23.6 Å². The summed E-state index contributed by atoms with van der Waals surface area (Å²) in [6, 6.07) is 8.22. The number of hydrogen-bond donors (Lipinski definition) is 1. The highest BCUT2D eigenvalue weighted by Crippen LogP contribution is 2.22. The highest BCUT2D eigenvalue weighted by Gasteiger charge is 2.13. The van der Waals surface area contributed by atoms with Crippen LogP contribution in [0.1, 0.15) is 32.4 Å². The van der Waals surface area contributed by atoms with Crippen molar-refractivity contribution in [2.24, 2.45) is 0 Å². The Morgan fingerprint density at radius 2 is 1.94 bits per heavy atom. The number of carbonyl (C=O) groups excluding carboxylic acids is 1. The van der Waals surface area contributed by atoms with Crippen LogP contribution in [-0.4, -0.2) is 30.4 Å². The Morgan fingerprint density at radius 3 is 2.50 bits per heavy atom. The van der Waals surface area contributed by atoms with Crippen molar-refractivity contribution in [2.75, 3.05) is 19.6 Å². The lowest BCUT2D eigenvalue weighted by Gasteiger charge is -2.21. The van der Waals surface area contributed by atoms with E-state index in [1.807, 2.05) is 36.9 Å². The van der Waals surface area contributed by atoms with Crippen LogP contribution in [0, 0.1) is 0 Å². The molecule has 0 aliphatic carbocycles. The van der Waals surface area contributed by atoms with Crippen molar-refractivity contribution in [1.29, 1.82) is 0 Å². The maximum atomic E-state index is 11.9. The van der Waals surface area contributed by atoms with Gasteiger partial charge in [0.25, 0.3) is 0 Å². The number of nitrogens with one attached hydrogen (secondary N) is 1. The second-order valence-corrected chi connectivity index (χ2v) is 5.04. The first kappa shape index (κ1) is 15.2. The topological polar surface area (TPSA) is 32.3 Å². The van der Waals surface area contributed by atoms with E-state index in [4.69, 9.17) is 0 Å². The lowest BCUT2D eigenvalue weighted by molar-refractivity contribution is -0.129. The zero-order chi connectivity index (χ0) is 13.5. The van der Waals surface area contributed by atoms with E-state index in [1.165, 1.54) is 5.56 Å². The summed E-state index contributed by atoms with van der Waals surface area (Å²) in [7, 11) is 0. The van der Waals surface area contributed by atoms with Crippen LogP contribution in [0.2, 0.25) is 0 Å². The summed E-state index contributed by atoms with van der Waals surface area (Å²) >= 11 is 3.52. The van der Waals surface area contributed by atoms with Crippen LogP contribution in [0.5, 0.6) is 0 Å². The highest BCUT2D eigenvalue weighted by atomic mass is 79.9. The molecule has 0 aromatic heterocycles. The quantitative estimate of drug-likeness (QED) is 0.876. The number of rotatable bonds is 6. The highest BCUT2D eigenvalue weighted by molar-refractivity contribution is 9.10. The minimum Gasteiger partial charge on any atom is -0.342 e. The first-order chi connectivity index (χ1) is 8.60. The Bertz CT molecular complexity index is 391. The van der Waals surface area contributed by atoms with Crippen LogP contribution in [-0.2, 0) is 4.79 Å². The average Bonchev–Trinajstić information content (AvgIpc) is 2.38. The molecule has 0 saturated heterocycles. The summed E-state index contributed by atoms with van der Waals surface area (Å²) in [6.45, 7) is 7.97. The molecule has 0 fully saturated rings. The number of hydrogen-bond acceptors (Lipinski definition) is 2. The predicted octanol–water partition coefficient (Wildman–Crippen LogP) is 2.97. The van der Waals surface area contributed by atoms with Crippen molar-refractivity contribution < 1.29 is 4.79 Å². The van der Waals surface area contributed by atoms with Crippen molar-refractivity contribution in [3.63, 3.8) is 0 Å². The van der Waals surface area contributed by atoms with Gasteiger partial charge in [0.15, 0.2) is 0 Å². The molecule has 0 unspecified atom stereocenters. The molecule has 3 nitrogen and oxygen atoms in total. The van der Waals surface area contributed by atoms with E-state index in [-0.39, 0.29) is 11.9 Å². The van der Waals surface area contributed by atoms with Crippen molar-refractivity contribution in [1.82, 2.24) is 10.2 Å². The van der Waals surface area contributed by atoms with Crippen molar-refractivity contribution >= 4 is 21.8 Å². The normalized spacial score (nSPS) is 12.2. The van der Waals surface area contributed by atoms with Crippen LogP contribution in [0.25, 0.3) is 0 Å². The smallest absolute Gasteiger partial charge is 0.236 e. The molecule has 0 heterocycles. The largest absolute Gasteiger partial charge is 0.342 e. The Morgan fingerprint density at radius 1 is 1.33 bits per heavy atom. The number of amides is 1. The number of halogens is 1. The van der Waals surface area contributed by atoms with Gasteiger partial charge >= 0.3 is 0 Å². The van der Waals surface area contributed by atoms with Gasteiger partial charge in [-0.1, -0.05) is 34.1 Å². The van der Waals surface area contributed by atoms with Crippen LogP contribution in [0.15, 0.2) is 28.7 Å². The molecule has 1 rings (SSSR count). The third-order valence-corrected chi connectivity index (χ3v) is 3.77. The van der Waals surface area contributed by atoms with Gasteiger partial charge in [-0.25, -0.2) is 0 Å². The molecule has 1 aromatic rings. The zero-order valence-corrected chi connectivity index (χ0v) is 12.8. The molecule has 0 spiro atoms. The third-order valence-electron chi connectivity index (χ3n) is 3.05.